The van der Waals surface area contributed by atoms with Crippen LogP contribution in [0.15, 0.2) is 12.1 Å². The number of amides is 2. The van der Waals surface area contributed by atoms with Crippen LogP contribution in [0.5, 0.6) is 0 Å². The third-order valence-electron chi connectivity index (χ3n) is 4.38. The molecular formula is C16H22ClN3O2S. The van der Waals surface area contributed by atoms with Crippen molar-refractivity contribution in [3.05, 3.63) is 21.3 Å². The van der Waals surface area contributed by atoms with Crippen LogP contribution in [-0.4, -0.2) is 53.3 Å². The highest BCUT2D eigenvalue weighted by Gasteiger charge is 2.43. The Labute approximate surface area is 145 Å². The van der Waals surface area contributed by atoms with Crippen molar-refractivity contribution in [2.45, 2.75) is 38.9 Å². The maximum Gasteiger partial charge on any atom is 0.245 e. The molecule has 0 unspecified atom stereocenters. The Morgan fingerprint density at radius 1 is 1.35 bits per heavy atom. The van der Waals surface area contributed by atoms with E-state index in [1.807, 2.05) is 12.1 Å². The van der Waals surface area contributed by atoms with Gasteiger partial charge < -0.3 is 10.2 Å². The molecular weight excluding hydrogens is 334 g/mol. The summed E-state index contributed by atoms with van der Waals surface area (Å²) >= 11 is 7.53. The van der Waals surface area contributed by atoms with E-state index in [1.165, 1.54) is 4.88 Å². The van der Waals surface area contributed by atoms with Crippen molar-refractivity contribution >= 4 is 34.8 Å². The highest BCUT2D eigenvalue weighted by Crippen LogP contribution is 2.25. The van der Waals surface area contributed by atoms with E-state index in [4.69, 9.17) is 11.6 Å². The second kappa shape index (κ2) is 6.79. The van der Waals surface area contributed by atoms with E-state index in [0.29, 0.717) is 25.4 Å². The average molecular weight is 356 g/mol. The van der Waals surface area contributed by atoms with Crippen molar-refractivity contribution in [2.24, 2.45) is 5.92 Å². The standard InChI is InChI=1S/C16H22ClN3O2S/c1-10(2)7-12-16(22)20-6-5-19(9-13(20)15(21)18-12)8-11-3-4-14(17)23-11/h3-4,10,12-13H,5-9H2,1-2H3,(H,18,21)/t12-,13+/m0/s1. The van der Waals surface area contributed by atoms with Gasteiger partial charge in [0.1, 0.15) is 12.1 Å². The molecule has 5 nitrogen and oxygen atoms in total. The van der Waals surface area contributed by atoms with Crippen molar-refractivity contribution < 1.29 is 9.59 Å². The van der Waals surface area contributed by atoms with Crippen LogP contribution < -0.4 is 5.32 Å². The molecule has 0 spiro atoms. The third-order valence-corrected chi connectivity index (χ3v) is 5.60. The molecule has 2 saturated heterocycles. The van der Waals surface area contributed by atoms with Crippen LogP contribution in [0.2, 0.25) is 4.34 Å². The lowest BCUT2D eigenvalue weighted by Gasteiger charge is -2.45. The Balaban J connectivity index is 1.65. The van der Waals surface area contributed by atoms with Crippen LogP contribution in [0.25, 0.3) is 0 Å². The van der Waals surface area contributed by atoms with E-state index in [9.17, 15) is 9.59 Å². The number of piperazine rings is 2. The minimum atomic E-state index is -0.366. The Bertz CT molecular complexity index is 604. The summed E-state index contributed by atoms with van der Waals surface area (Å²) in [5, 5.41) is 2.91. The number of halogens is 1. The molecule has 126 valence electrons. The molecule has 0 radical (unpaired) electrons. The van der Waals surface area contributed by atoms with Gasteiger partial charge in [-0.1, -0.05) is 25.4 Å². The second-order valence-corrected chi connectivity index (χ2v) is 8.48. The molecule has 2 aliphatic rings. The van der Waals surface area contributed by atoms with Gasteiger partial charge in [0.25, 0.3) is 0 Å². The molecule has 2 fully saturated rings. The highest BCUT2D eigenvalue weighted by atomic mass is 35.5. The van der Waals surface area contributed by atoms with Gasteiger partial charge in [-0.05, 0) is 24.5 Å². The van der Waals surface area contributed by atoms with Crippen molar-refractivity contribution in [3.63, 3.8) is 0 Å². The highest BCUT2D eigenvalue weighted by molar-refractivity contribution is 7.16. The summed E-state index contributed by atoms with van der Waals surface area (Å²) in [6.07, 6.45) is 0.700. The Hall–Kier alpha value is -1.11. The average Bonchev–Trinajstić information content (AvgIpc) is 2.89. The molecule has 0 bridgehead atoms. The van der Waals surface area contributed by atoms with Gasteiger partial charge in [-0.25, -0.2) is 0 Å². The first-order chi connectivity index (χ1) is 10.9. The zero-order chi connectivity index (χ0) is 16.6. The predicted octanol–water partition coefficient (Wildman–Crippen LogP) is 1.96. The fourth-order valence-corrected chi connectivity index (χ4v) is 4.42. The molecule has 3 heterocycles. The molecule has 1 aromatic heterocycles. The number of carbonyl (C=O) groups excluding carboxylic acids is 2. The summed E-state index contributed by atoms with van der Waals surface area (Å²) in [6.45, 7) is 6.90. The molecule has 1 aromatic rings. The van der Waals surface area contributed by atoms with E-state index < -0.39 is 0 Å². The number of nitrogens with zero attached hydrogens (tertiary/aromatic N) is 2. The summed E-state index contributed by atoms with van der Waals surface area (Å²) in [5.74, 6) is 0.428. The van der Waals surface area contributed by atoms with Crippen LogP contribution in [0, 0.1) is 5.92 Å². The molecule has 1 N–H and O–H groups in total. The largest absolute Gasteiger partial charge is 0.342 e. The Morgan fingerprint density at radius 2 is 2.13 bits per heavy atom. The van der Waals surface area contributed by atoms with Crippen molar-refractivity contribution in [1.29, 1.82) is 0 Å². The second-order valence-electron chi connectivity index (χ2n) is 6.68. The Kier molecular flexibility index (Phi) is 4.94. The van der Waals surface area contributed by atoms with E-state index in [1.54, 1.807) is 16.2 Å². The molecule has 0 aliphatic carbocycles. The first-order valence-electron chi connectivity index (χ1n) is 8.01. The topological polar surface area (TPSA) is 52.7 Å². The lowest BCUT2D eigenvalue weighted by atomic mass is 9.97. The van der Waals surface area contributed by atoms with Gasteiger partial charge >= 0.3 is 0 Å². The number of rotatable bonds is 4. The molecule has 23 heavy (non-hydrogen) atoms. The zero-order valence-electron chi connectivity index (χ0n) is 13.4. The van der Waals surface area contributed by atoms with Gasteiger partial charge in [-0.15, -0.1) is 11.3 Å². The number of thiophene rings is 1. The molecule has 3 rings (SSSR count). The number of hydrogen-bond acceptors (Lipinski definition) is 4. The minimum absolute atomic E-state index is 0.0239. The first-order valence-corrected chi connectivity index (χ1v) is 9.21. The van der Waals surface area contributed by atoms with E-state index in [2.05, 4.69) is 24.1 Å². The summed E-state index contributed by atoms with van der Waals surface area (Å²) in [6, 6.07) is 3.19. The van der Waals surface area contributed by atoms with Crippen LogP contribution in [0.3, 0.4) is 0 Å². The quantitative estimate of drug-likeness (QED) is 0.898. The fraction of sp³-hybridized carbons (Fsp3) is 0.625. The van der Waals surface area contributed by atoms with Gasteiger partial charge in [0.05, 0.1) is 4.34 Å². The van der Waals surface area contributed by atoms with Gasteiger partial charge in [-0.2, -0.15) is 0 Å². The van der Waals surface area contributed by atoms with Crippen LogP contribution in [0.4, 0.5) is 0 Å². The predicted molar refractivity (Wildman–Crippen MR) is 91.5 cm³/mol. The van der Waals surface area contributed by atoms with Crippen LogP contribution >= 0.6 is 22.9 Å². The summed E-state index contributed by atoms with van der Waals surface area (Å²) < 4.78 is 0.778. The monoisotopic (exact) mass is 355 g/mol. The Morgan fingerprint density at radius 3 is 2.78 bits per heavy atom. The van der Waals surface area contributed by atoms with Gasteiger partial charge in [0.2, 0.25) is 11.8 Å². The molecule has 2 atom stereocenters. The lowest BCUT2D eigenvalue weighted by Crippen LogP contribution is -2.69. The molecule has 0 aromatic carbocycles. The zero-order valence-corrected chi connectivity index (χ0v) is 15.0. The van der Waals surface area contributed by atoms with Crippen molar-refractivity contribution in [3.8, 4) is 0 Å². The molecule has 0 saturated carbocycles. The first kappa shape index (κ1) is 16.7. The number of hydrogen-bond donors (Lipinski definition) is 1. The molecule has 2 aliphatic heterocycles. The lowest BCUT2D eigenvalue weighted by molar-refractivity contribution is -0.153. The molecule has 2 amide bonds. The summed E-state index contributed by atoms with van der Waals surface area (Å²) in [4.78, 5) is 30.2. The number of nitrogens with one attached hydrogen (secondary N) is 1. The minimum Gasteiger partial charge on any atom is -0.342 e. The smallest absolute Gasteiger partial charge is 0.245 e. The number of fused-ring (bicyclic) bond motifs is 1. The fourth-order valence-electron chi connectivity index (χ4n) is 3.29. The normalized spacial score (nSPS) is 25.7. The maximum absolute atomic E-state index is 12.6. The molecule has 7 heteroatoms. The van der Waals surface area contributed by atoms with E-state index >= 15 is 0 Å². The van der Waals surface area contributed by atoms with Gasteiger partial charge in [0.15, 0.2) is 0 Å². The summed E-state index contributed by atoms with van der Waals surface area (Å²) in [7, 11) is 0. The van der Waals surface area contributed by atoms with Gasteiger partial charge in [-0.3, -0.25) is 14.5 Å². The van der Waals surface area contributed by atoms with E-state index in [0.717, 1.165) is 17.4 Å². The summed E-state index contributed by atoms with van der Waals surface area (Å²) in [5.41, 5.74) is 0. The van der Waals surface area contributed by atoms with E-state index in [-0.39, 0.29) is 23.9 Å². The maximum atomic E-state index is 12.6. The number of carbonyl (C=O) groups is 2. The van der Waals surface area contributed by atoms with Gasteiger partial charge in [0, 0.05) is 31.1 Å². The SMILES string of the molecule is CC(C)C[C@@H]1NC(=O)[C@H]2CN(Cc3ccc(Cl)s3)CCN2C1=O. The van der Waals surface area contributed by atoms with Crippen molar-refractivity contribution in [1.82, 2.24) is 15.1 Å². The van der Waals surface area contributed by atoms with Crippen LogP contribution in [-0.2, 0) is 16.1 Å². The third kappa shape index (κ3) is 3.70. The van der Waals surface area contributed by atoms with Crippen LogP contribution in [0.1, 0.15) is 25.1 Å². The van der Waals surface area contributed by atoms with Crippen molar-refractivity contribution in [2.75, 3.05) is 19.6 Å².